The Morgan fingerprint density at radius 3 is 3.00 bits per heavy atom. The first-order valence-corrected chi connectivity index (χ1v) is 6.82. The van der Waals surface area contributed by atoms with Crippen LogP contribution >= 0.6 is 11.3 Å². The molecule has 2 aromatic heterocycles. The van der Waals surface area contributed by atoms with E-state index in [0.717, 1.165) is 28.0 Å². The molecule has 0 spiro atoms. The van der Waals surface area contributed by atoms with Crippen LogP contribution in [0.2, 0.25) is 0 Å². The van der Waals surface area contributed by atoms with Gasteiger partial charge in [0.25, 0.3) is 0 Å². The van der Waals surface area contributed by atoms with Crippen LogP contribution in [0.15, 0.2) is 41.9 Å². The molecule has 4 heteroatoms. The molecule has 0 unspecified atom stereocenters. The molecule has 3 rings (SSSR count). The quantitative estimate of drug-likeness (QED) is 0.793. The van der Waals surface area contributed by atoms with E-state index in [0.29, 0.717) is 0 Å². The van der Waals surface area contributed by atoms with Gasteiger partial charge in [-0.2, -0.15) is 0 Å². The molecule has 0 radical (unpaired) electrons. The number of ether oxygens (including phenoxy) is 1. The molecule has 1 N–H and O–H groups in total. The number of rotatable bonds is 3. The summed E-state index contributed by atoms with van der Waals surface area (Å²) in [6, 6.07) is 9.75. The highest BCUT2D eigenvalue weighted by Crippen LogP contribution is 2.37. The molecule has 0 saturated heterocycles. The maximum atomic E-state index is 9.26. The first-order valence-electron chi connectivity index (χ1n) is 5.94. The molecule has 96 valence electrons. The second-order valence-electron chi connectivity index (χ2n) is 4.19. The second kappa shape index (κ2) is 4.99. The Morgan fingerprint density at radius 1 is 1.32 bits per heavy atom. The summed E-state index contributed by atoms with van der Waals surface area (Å²) >= 11 is 1.67. The largest absolute Gasteiger partial charge is 0.494 e. The smallest absolute Gasteiger partial charge is 0.145 e. The predicted octanol–water partition coefficient (Wildman–Crippen LogP) is 3.46. The number of nitrogens with zero attached hydrogens (tertiary/aromatic N) is 1. The zero-order valence-corrected chi connectivity index (χ0v) is 11.3. The van der Waals surface area contributed by atoms with Crippen molar-refractivity contribution < 1.29 is 9.84 Å². The van der Waals surface area contributed by atoms with Crippen molar-refractivity contribution in [2.75, 3.05) is 7.11 Å². The van der Waals surface area contributed by atoms with E-state index in [9.17, 15) is 5.11 Å². The molecule has 0 saturated carbocycles. The monoisotopic (exact) mass is 271 g/mol. The van der Waals surface area contributed by atoms with Crippen LogP contribution < -0.4 is 4.74 Å². The number of aliphatic hydroxyl groups excluding tert-OH is 1. The highest BCUT2D eigenvalue weighted by atomic mass is 32.1. The topological polar surface area (TPSA) is 42.4 Å². The Labute approximate surface area is 115 Å². The fraction of sp³-hybridized carbons (Fsp3) is 0.133. The van der Waals surface area contributed by atoms with E-state index in [1.165, 1.54) is 4.70 Å². The first-order chi connectivity index (χ1) is 9.33. The zero-order valence-electron chi connectivity index (χ0n) is 10.5. The molecule has 3 nitrogen and oxygen atoms in total. The highest BCUT2D eigenvalue weighted by Gasteiger charge is 2.12. The summed E-state index contributed by atoms with van der Waals surface area (Å²) in [5.41, 5.74) is 2.79. The van der Waals surface area contributed by atoms with Crippen molar-refractivity contribution in [2.45, 2.75) is 6.61 Å². The van der Waals surface area contributed by atoms with Gasteiger partial charge in [0.1, 0.15) is 11.4 Å². The maximum absolute atomic E-state index is 9.26. The van der Waals surface area contributed by atoms with Crippen LogP contribution in [0.5, 0.6) is 5.75 Å². The van der Waals surface area contributed by atoms with E-state index in [2.05, 4.69) is 10.4 Å². The summed E-state index contributed by atoms with van der Waals surface area (Å²) in [5.74, 6) is 0.761. The second-order valence-corrected chi connectivity index (χ2v) is 5.10. The number of benzene rings is 1. The van der Waals surface area contributed by atoms with Gasteiger partial charge >= 0.3 is 0 Å². The minimum absolute atomic E-state index is 0.0462. The van der Waals surface area contributed by atoms with Gasteiger partial charge in [-0.05, 0) is 29.8 Å². The lowest BCUT2D eigenvalue weighted by Crippen LogP contribution is -1.90. The fourth-order valence-corrected chi connectivity index (χ4v) is 3.04. The van der Waals surface area contributed by atoms with Gasteiger partial charge in [0, 0.05) is 27.2 Å². The Bertz CT molecular complexity index is 721. The minimum Gasteiger partial charge on any atom is -0.494 e. The van der Waals surface area contributed by atoms with Crippen LogP contribution in [0, 0.1) is 0 Å². The van der Waals surface area contributed by atoms with Gasteiger partial charge < -0.3 is 9.84 Å². The van der Waals surface area contributed by atoms with Crippen LogP contribution in [-0.4, -0.2) is 17.2 Å². The number of methoxy groups -OCH3 is 1. The van der Waals surface area contributed by atoms with Crippen molar-refractivity contribution in [3.63, 3.8) is 0 Å². The van der Waals surface area contributed by atoms with Crippen molar-refractivity contribution >= 4 is 21.4 Å². The SMILES string of the molecule is COc1cccnc1-c1csc2ccc(CO)cc12. The number of hydrogen-bond donors (Lipinski definition) is 1. The lowest BCUT2D eigenvalue weighted by Gasteiger charge is -2.06. The van der Waals surface area contributed by atoms with Crippen molar-refractivity contribution in [3.05, 3.63) is 47.5 Å². The van der Waals surface area contributed by atoms with Gasteiger partial charge in [-0.25, -0.2) is 0 Å². The molecular formula is C15H13NO2S. The van der Waals surface area contributed by atoms with Gasteiger partial charge in [0.15, 0.2) is 0 Å². The third-order valence-corrected chi connectivity index (χ3v) is 4.03. The molecule has 3 aromatic rings. The van der Waals surface area contributed by atoms with E-state index in [4.69, 9.17) is 4.74 Å². The minimum atomic E-state index is 0.0462. The molecule has 1 aromatic carbocycles. The van der Waals surface area contributed by atoms with Gasteiger partial charge in [-0.3, -0.25) is 4.98 Å². The molecule has 0 atom stereocenters. The van der Waals surface area contributed by atoms with Crippen molar-refractivity contribution in [1.82, 2.24) is 4.98 Å². The van der Waals surface area contributed by atoms with Gasteiger partial charge in [0.05, 0.1) is 13.7 Å². The summed E-state index contributed by atoms with van der Waals surface area (Å²) in [5, 5.41) is 12.4. The molecule has 0 bridgehead atoms. The lowest BCUT2D eigenvalue weighted by atomic mass is 10.1. The summed E-state index contributed by atoms with van der Waals surface area (Å²) in [4.78, 5) is 4.42. The number of pyridine rings is 1. The van der Waals surface area contributed by atoms with Crippen LogP contribution in [0.3, 0.4) is 0 Å². The molecule has 0 aliphatic carbocycles. The molecule has 0 aliphatic rings. The number of aromatic nitrogens is 1. The third-order valence-electron chi connectivity index (χ3n) is 3.07. The summed E-state index contributed by atoms with van der Waals surface area (Å²) in [6.45, 7) is 0.0462. The van der Waals surface area contributed by atoms with Crippen LogP contribution in [0.25, 0.3) is 21.3 Å². The number of aliphatic hydroxyl groups is 1. The van der Waals surface area contributed by atoms with Crippen molar-refractivity contribution in [2.24, 2.45) is 0 Å². The van der Waals surface area contributed by atoms with Gasteiger partial charge in [-0.1, -0.05) is 6.07 Å². The fourth-order valence-electron chi connectivity index (χ4n) is 2.12. The number of hydrogen-bond acceptors (Lipinski definition) is 4. The summed E-state index contributed by atoms with van der Waals surface area (Å²) in [6.07, 6.45) is 1.76. The maximum Gasteiger partial charge on any atom is 0.145 e. The standard InChI is InChI=1S/C15H13NO2S/c1-18-13-3-2-6-16-15(13)12-9-19-14-5-4-10(8-17)7-11(12)14/h2-7,9,17H,8H2,1H3. The Hall–Kier alpha value is -1.91. The molecular weight excluding hydrogens is 258 g/mol. The van der Waals surface area contributed by atoms with Crippen LogP contribution in [0.1, 0.15) is 5.56 Å². The van der Waals surface area contributed by atoms with Crippen molar-refractivity contribution in [1.29, 1.82) is 0 Å². The van der Waals surface area contributed by atoms with Crippen LogP contribution in [-0.2, 0) is 6.61 Å². The average molecular weight is 271 g/mol. The molecule has 0 aliphatic heterocycles. The molecule has 19 heavy (non-hydrogen) atoms. The molecule has 2 heterocycles. The first kappa shape index (κ1) is 12.1. The molecule has 0 fully saturated rings. The van der Waals surface area contributed by atoms with E-state index in [-0.39, 0.29) is 6.61 Å². The Balaban J connectivity index is 2.24. The number of thiophene rings is 1. The summed E-state index contributed by atoms with van der Waals surface area (Å²) in [7, 11) is 1.65. The van der Waals surface area contributed by atoms with Crippen LogP contribution in [0.4, 0.5) is 0 Å². The van der Waals surface area contributed by atoms with Gasteiger partial charge in [0.2, 0.25) is 0 Å². The van der Waals surface area contributed by atoms with E-state index >= 15 is 0 Å². The number of fused-ring (bicyclic) bond motifs is 1. The van der Waals surface area contributed by atoms with E-state index in [1.807, 2.05) is 30.3 Å². The average Bonchev–Trinajstić information content (AvgIpc) is 2.89. The lowest BCUT2D eigenvalue weighted by molar-refractivity contribution is 0.282. The van der Waals surface area contributed by atoms with Crippen molar-refractivity contribution in [3.8, 4) is 17.0 Å². The Morgan fingerprint density at radius 2 is 2.21 bits per heavy atom. The molecule has 0 amide bonds. The zero-order chi connectivity index (χ0) is 13.2. The third kappa shape index (κ3) is 2.09. The van der Waals surface area contributed by atoms with E-state index < -0.39 is 0 Å². The van der Waals surface area contributed by atoms with E-state index in [1.54, 1.807) is 24.6 Å². The Kier molecular flexibility index (Phi) is 3.19. The predicted molar refractivity (Wildman–Crippen MR) is 77.5 cm³/mol. The summed E-state index contributed by atoms with van der Waals surface area (Å²) < 4.78 is 6.55. The highest BCUT2D eigenvalue weighted by molar-refractivity contribution is 7.17. The van der Waals surface area contributed by atoms with Gasteiger partial charge in [-0.15, -0.1) is 11.3 Å². The normalized spacial score (nSPS) is 10.8.